The number of hydrogen-bond acceptors (Lipinski definition) is 3. The van der Waals surface area contributed by atoms with Crippen LogP contribution in [0.3, 0.4) is 0 Å². The zero-order valence-electron chi connectivity index (χ0n) is 12.6. The predicted octanol–water partition coefficient (Wildman–Crippen LogP) is 0.976. The van der Waals surface area contributed by atoms with Crippen LogP contribution in [0.15, 0.2) is 0 Å². The van der Waals surface area contributed by atoms with Crippen LogP contribution < -0.4 is 5.73 Å². The van der Waals surface area contributed by atoms with Gasteiger partial charge in [0.1, 0.15) is 0 Å². The first-order valence-electron chi connectivity index (χ1n) is 7.82. The molecular weight excluding hydrogens is 254 g/mol. The highest BCUT2D eigenvalue weighted by atomic mass is 16.2. The van der Waals surface area contributed by atoms with E-state index in [0.717, 1.165) is 38.6 Å². The lowest BCUT2D eigenvalue weighted by atomic mass is 9.79. The Morgan fingerprint density at radius 3 is 2.40 bits per heavy atom. The van der Waals surface area contributed by atoms with Gasteiger partial charge in [-0.3, -0.25) is 9.59 Å². The zero-order chi connectivity index (χ0) is 14.6. The Bertz CT molecular complexity index is 362. The Balaban J connectivity index is 2.12. The summed E-state index contributed by atoms with van der Waals surface area (Å²) in [6, 6.07) is 0. The summed E-state index contributed by atoms with van der Waals surface area (Å²) in [6.07, 6.45) is 7.14. The zero-order valence-corrected chi connectivity index (χ0v) is 12.6. The highest BCUT2D eigenvalue weighted by molar-refractivity contribution is 5.88. The summed E-state index contributed by atoms with van der Waals surface area (Å²) in [6.45, 7) is 2.04. The van der Waals surface area contributed by atoms with Crippen LogP contribution in [0.4, 0.5) is 0 Å². The van der Waals surface area contributed by atoms with Gasteiger partial charge < -0.3 is 15.5 Å². The minimum absolute atomic E-state index is 0.0386. The minimum atomic E-state index is -0.417. The summed E-state index contributed by atoms with van der Waals surface area (Å²) in [5.41, 5.74) is 5.56. The van der Waals surface area contributed by atoms with Gasteiger partial charge in [-0.05, 0) is 19.3 Å². The van der Waals surface area contributed by atoms with Crippen LogP contribution in [-0.4, -0.2) is 54.8 Å². The number of nitrogens with zero attached hydrogens (tertiary/aromatic N) is 2. The molecule has 0 spiro atoms. The van der Waals surface area contributed by atoms with Gasteiger partial charge in [0.25, 0.3) is 0 Å². The van der Waals surface area contributed by atoms with E-state index in [9.17, 15) is 9.59 Å². The molecule has 1 aliphatic heterocycles. The molecule has 0 aromatic heterocycles. The molecule has 1 saturated heterocycles. The van der Waals surface area contributed by atoms with Crippen LogP contribution in [0, 0.1) is 5.41 Å². The van der Waals surface area contributed by atoms with Crippen LogP contribution in [0.2, 0.25) is 0 Å². The maximum Gasteiger partial charge on any atom is 0.241 e. The second-order valence-corrected chi connectivity index (χ2v) is 6.29. The van der Waals surface area contributed by atoms with Gasteiger partial charge >= 0.3 is 0 Å². The summed E-state index contributed by atoms with van der Waals surface area (Å²) in [7, 11) is 1.81. The fourth-order valence-electron chi connectivity index (χ4n) is 3.41. The minimum Gasteiger partial charge on any atom is -0.344 e. The van der Waals surface area contributed by atoms with Gasteiger partial charge in [0.15, 0.2) is 0 Å². The average Bonchev–Trinajstić information content (AvgIpc) is 2.79. The number of rotatable bonds is 2. The Kier molecular flexibility index (Phi) is 5.02. The second kappa shape index (κ2) is 6.57. The van der Waals surface area contributed by atoms with E-state index in [1.807, 2.05) is 0 Å². The Labute approximate surface area is 121 Å². The third-order valence-electron chi connectivity index (χ3n) is 4.87. The van der Waals surface area contributed by atoms with E-state index in [1.54, 1.807) is 16.8 Å². The highest BCUT2D eigenvalue weighted by Crippen LogP contribution is 2.36. The normalized spacial score (nSPS) is 24.2. The summed E-state index contributed by atoms with van der Waals surface area (Å²) in [4.78, 5) is 28.4. The van der Waals surface area contributed by atoms with Crippen molar-refractivity contribution in [3.05, 3.63) is 0 Å². The number of carbonyl (C=O) groups is 2. The molecule has 20 heavy (non-hydrogen) atoms. The standard InChI is InChI=1S/C15H27N3O2/c1-17-9-6-10-18(11-13(17)19)14(20)15(12-16)7-4-2-3-5-8-15/h2-12,16H2,1H3. The topological polar surface area (TPSA) is 66.6 Å². The van der Waals surface area contributed by atoms with E-state index >= 15 is 0 Å². The third kappa shape index (κ3) is 3.14. The number of likely N-dealkylation sites (N-methyl/N-ethyl adjacent to an activating group) is 1. The molecule has 1 heterocycles. The molecule has 2 aliphatic rings. The Hall–Kier alpha value is -1.10. The average molecular weight is 281 g/mol. The van der Waals surface area contributed by atoms with Crippen LogP contribution >= 0.6 is 0 Å². The first kappa shape index (κ1) is 15.3. The van der Waals surface area contributed by atoms with Crippen molar-refractivity contribution in [2.24, 2.45) is 11.1 Å². The van der Waals surface area contributed by atoms with Crippen LogP contribution in [-0.2, 0) is 9.59 Å². The number of nitrogens with two attached hydrogens (primary N) is 1. The molecule has 0 unspecified atom stereocenters. The summed E-state index contributed by atoms with van der Waals surface area (Å²) < 4.78 is 0. The highest BCUT2D eigenvalue weighted by Gasteiger charge is 2.41. The van der Waals surface area contributed by atoms with E-state index in [4.69, 9.17) is 5.73 Å². The van der Waals surface area contributed by atoms with Gasteiger partial charge in [-0.1, -0.05) is 25.7 Å². The molecule has 2 amide bonds. The van der Waals surface area contributed by atoms with Crippen molar-refractivity contribution in [2.45, 2.75) is 44.9 Å². The molecule has 2 rings (SSSR count). The van der Waals surface area contributed by atoms with Crippen molar-refractivity contribution in [3.8, 4) is 0 Å². The maximum atomic E-state index is 12.9. The summed E-state index contributed by atoms with van der Waals surface area (Å²) in [5, 5.41) is 0. The van der Waals surface area contributed by atoms with Crippen molar-refractivity contribution in [2.75, 3.05) is 33.2 Å². The van der Waals surface area contributed by atoms with Crippen molar-refractivity contribution in [3.63, 3.8) is 0 Å². The van der Waals surface area contributed by atoms with E-state index in [1.165, 1.54) is 12.8 Å². The van der Waals surface area contributed by atoms with E-state index in [-0.39, 0.29) is 18.4 Å². The molecular formula is C15H27N3O2. The fraction of sp³-hybridized carbons (Fsp3) is 0.867. The smallest absolute Gasteiger partial charge is 0.241 e. The number of amides is 2. The van der Waals surface area contributed by atoms with E-state index < -0.39 is 5.41 Å². The molecule has 0 aromatic carbocycles. The van der Waals surface area contributed by atoms with Crippen molar-refractivity contribution < 1.29 is 9.59 Å². The SMILES string of the molecule is CN1CCCN(C(=O)C2(CN)CCCCCC2)CC1=O. The summed E-state index contributed by atoms with van der Waals surface area (Å²) >= 11 is 0. The molecule has 114 valence electrons. The van der Waals surface area contributed by atoms with E-state index in [2.05, 4.69) is 0 Å². The maximum absolute atomic E-state index is 12.9. The van der Waals surface area contributed by atoms with Gasteiger partial charge in [-0.25, -0.2) is 0 Å². The molecule has 0 radical (unpaired) electrons. The van der Waals surface area contributed by atoms with Crippen molar-refractivity contribution >= 4 is 11.8 Å². The first-order chi connectivity index (χ1) is 9.59. The van der Waals surface area contributed by atoms with Crippen molar-refractivity contribution in [1.29, 1.82) is 0 Å². The van der Waals surface area contributed by atoms with Gasteiger partial charge in [0, 0.05) is 26.7 Å². The molecule has 0 aromatic rings. The van der Waals surface area contributed by atoms with Gasteiger partial charge in [0.2, 0.25) is 11.8 Å². The lowest BCUT2D eigenvalue weighted by Crippen LogP contribution is -2.49. The lowest BCUT2D eigenvalue weighted by Gasteiger charge is -2.35. The van der Waals surface area contributed by atoms with E-state index in [0.29, 0.717) is 13.1 Å². The van der Waals surface area contributed by atoms with Gasteiger partial charge in [-0.15, -0.1) is 0 Å². The monoisotopic (exact) mass is 281 g/mol. The Morgan fingerprint density at radius 2 is 1.80 bits per heavy atom. The van der Waals surface area contributed by atoms with Gasteiger partial charge in [0.05, 0.1) is 12.0 Å². The molecule has 5 heteroatoms. The molecule has 0 atom stereocenters. The Morgan fingerprint density at radius 1 is 1.15 bits per heavy atom. The molecule has 2 N–H and O–H groups in total. The molecule has 1 aliphatic carbocycles. The van der Waals surface area contributed by atoms with Crippen LogP contribution in [0.25, 0.3) is 0 Å². The summed E-state index contributed by atoms with van der Waals surface area (Å²) in [5.74, 6) is 0.155. The molecule has 2 fully saturated rings. The van der Waals surface area contributed by atoms with Crippen LogP contribution in [0.5, 0.6) is 0 Å². The second-order valence-electron chi connectivity index (χ2n) is 6.29. The fourth-order valence-corrected chi connectivity index (χ4v) is 3.41. The van der Waals surface area contributed by atoms with Crippen LogP contribution in [0.1, 0.15) is 44.9 Å². The third-order valence-corrected chi connectivity index (χ3v) is 4.87. The molecule has 5 nitrogen and oxygen atoms in total. The number of hydrogen-bond donors (Lipinski definition) is 1. The molecule has 1 saturated carbocycles. The van der Waals surface area contributed by atoms with Gasteiger partial charge in [-0.2, -0.15) is 0 Å². The predicted molar refractivity (Wildman–Crippen MR) is 78.0 cm³/mol. The molecule has 0 bridgehead atoms. The lowest BCUT2D eigenvalue weighted by molar-refractivity contribution is -0.146. The number of carbonyl (C=O) groups excluding carboxylic acids is 2. The quantitative estimate of drug-likeness (QED) is 0.767. The first-order valence-corrected chi connectivity index (χ1v) is 7.82. The largest absolute Gasteiger partial charge is 0.344 e. The van der Waals surface area contributed by atoms with Crippen molar-refractivity contribution in [1.82, 2.24) is 9.80 Å².